The van der Waals surface area contributed by atoms with Gasteiger partial charge in [0.1, 0.15) is 16.5 Å². The number of hydrogen-bond donors (Lipinski definition) is 1. The van der Waals surface area contributed by atoms with Crippen molar-refractivity contribution in [3.8, 4) is 0 Å². The lowest BCUT2D eigenvalue weighted by molar-refractivity contribution is -0.179. The van der Waals surface area contributed by atoms with Crippen molar-refractivity contribution < 1.29 is 27.1 Å². The van der Waals surface area contributed by atoms with Gasteiger partial charge in [-0.1, -0.05) is 0 Å². The van der Waals surface area contributed by atoms with Gasteiger partial charge in [-0.25, -0.2) is 9.37 Å². The van der Waals surface area contributed by atoms with E-state index in [2.05, 4.69) is 26.2 Å². The first kappa shape index (κ1) is 24.4. The number of rotatable bonds is 3. The standard InChI is InChI=1S/C14H15BrF4N2O2.2ClH/c1-23-12(22)13(4-5-20-10(7-13)14(17,18)19)6-9-8(16)2-3-11(15)21-9;;/h2-3,10,20H,4-7H2,1H3;2*1H. The average molecular weight is 472 g/mol. The molecule has 1 saturated heterocycles. The molecule has 0 radical (unpaired) electrons. The number of alkyl halides is 3. The number of nitrogens with zero attached hydrogens (tertiary/aromatic N) is 1. The second-order valence-electron chi connectivity index (χ2n) is 5.51. The highest BCUT2D eigenvalue weighted by atomic mass is 79.9. The van der Waals surface area contributed by atoms with Crippen LogP contribution in [-0.2, 0) is 16.0 Å². The summed E-state index contributed by atoms with van der Waals surface area (Å²) in [5.41, 5.74) is -1.53. The summed E-state index contributed by atoms with van der Waals surface area (Å²) in [7, 11) is 1.11. The lowest BCUT2D eigenvalue weighted by atomic mass is 9.72. The molecule has 1 aromatic rings. The maximum Gasteiger partial charge on any atom is 0.403 e. The number of esters is 1. The molecule has 2 rings (SSSR count). The van der Waals surface area contributed by atoms with Gasteiger partial charge in [0, 0.05) is 6.42 Å². The normalized spacial score (nSPS) is 23.2. The fourth-order valence-corrected chi connectivity index (χ4v) is 3.17. The first-order valence-corrected chi connectivity index (χ1v) is 7.67. The molecular weight excluding hydrogens is 455 g/mol. The van der Waals surface area contributed by atoms with Gasteiger partial charge >= 0.3 is 12.1 Å². The zero-order valence-electron chi connectivity index (χ0n) is 13.0. The Morgan fingerprint density at radius 2 is 2.08 bits per heavy atom. The van der Waals surface area contributed by atoms with Crippen molar-refractivity contribution in [2.75, 3.05) is 13.7 Å². The van der Waals surface area contributed by atoms with Crippen LogP contribution in [0.15, 0.2) is 16.7 Å². The van der Waals surface area contributed by atoms with Crippen LogP contribution in [0.25, 0.3) is 0 Å². The number of hydrogen-bond acceptors (Lipinski definition) is 4. The van der Waals surface area contributed by atoms with Crippen molar-refractivity contribution in [2.45, 2.75) is 31.5 Å². The van der Waals surface area contributed by atoms with Crippen LogP contribution in [0.2, 0.25) is 0 Å². The van der Waals surface area contributed by atoms with Gasteiger partial charge in [-0.05, 0) is 47.4 Å². The van der Waals surface area contributed by atoms with Crippen LogP contribution in [0.3, 0.4) is 0 Å². The van der Waals surface area contributed by atoms with Crippen molar-refractivity contribution in [1.82, 2.24) is 10.3 Å². The fourth-order valence-electron chi connectivity index (χ4n) is 2.82. The number of pyridine rings is 1. The third kappa shape index (κ3) is 5.67. The fraction of sp³-hybridized carbons (Fsp3) is 0.571. The van der Waals surface area contributed by atoms with E-state index in [0.29, 0.717) is 4.60 Å². The summed E-state index contributed by atoms with van der Waals surface area (Å²) < 4.78 is 58.0. The van der Waals surface area contributed by atoms with Gasteiger partial charge in [-0.2, -0.15) is 13.2 Å². The molecule has 0 spiro atoms. The lowest BCUT2D eigenvalue weighted by Crippen LogP contribution is -2.54. The molecule has 0 aromatic carbocycles. The molecular formula is C14H17BrCl2F4N2O2. The van der Waals surface area contributed by atoms with Crippen molar-refractivity contribution in [3.05, 3.63) is 28.2 Å². The molecule has 1 aliphatic heterocycles. The first-order valence-electron chi connectivity index (χ1n) is 6.87. The van der Waals surface area contributed by atoms with Crippen molar-refractivity contribution in [3.63, 3.8) is 0 Å². The Kier molecular flexibility index (Phi) is 9.10. The number of ether oxygens (including phenoxy) is 1. The lowest BCUT2D eigenvalue weighted by Gasteiger charge is -2.39. The minimum absolute atomic E-state index is 0. The van der Waals surface area contributed by atoms with Crippen LogP contribution in [0.4, 0.5) is 17.6 Å². The molecule has 0 saturated carbocycles. The van der Waals surface area contributed by atoms with E-state index in [1.165, 1.54) is 6.07 Å². The van der Waals surface area contributed by atoms with Gasteiger partial charge in [0.25, 0.3) is 0 Å². The summed E-state index contributed by atoms with van der Waals surface area (Å²) in [6.45, 7) is -0.0189. The summed E-state index contributed by atoms with van der Waals surface area (Å²) >= 11 is 3.09. The predicted octanol–water partition coefficient (Wildman–Crippen LogP) is 3.84. The minimum atomic E-state index is -4.50. The molecule has 0 amide bonds. The van der Waals surface area contributed by atoms with Gasteiger partial charge in [-0.15, -0.1) is 24.8 Å². The van der Waals surface area contributed by atoms with Crippen molar-refractivity contribution >= 4 is 46.7 Å². The number of nitrogens with one attached hydrogen (secondary N) is 1. The third-order valence-electron chi connectivity index (χ3n) is 3.99. The van der Waals surface area contributed by atoms with Crippen LogP contribution in [-0.4, -0.2) is 36.8 Å². The number of carbonyl (C=O) groups excluding carboxylic acids is 1. The van der Waals surface area contributed by atoms with Crippen LogP contribution in [0.5, 0.6) is 0 Å². The molecule has 11 heteroatoms. The second kappa shape index (κ2) is 9.34. The van der Waals surface area contributed by atoms with Gasteiger partial charge in [0.05, 0.1) is 18.2 Å². The SMILES string of the molecule is COC(=O)C1(Cc2nc(Br)ccc2F)CCNC(C(F)(F)F)C1.Cl.Cl. The summed E-state index contributed by atoms with van der Waals surface area (Å²) in [6, 6.07) is 0.690. The van der Waals surface area contributed by atoms with E-state index in [1.807, 2.05) is 0 Å². The Bertz CT molecular complexity index is 607. The third-order valence-corrected chi connectivity index (χ3v) is 4.43. The molecule has 2 heterocycles. The number of carbonyl (C=O) groups is 1. The topological polar surface area (TPSA) is 51.2 Å². The monoisotopic (exact) mass is 470 g/mol. The number of methoxy groups -OCH3 is 1. The van der Waals surface area contributed by atoms with Crippen LogP contribution < -0.4 is 5.32 Å². The van der Waals surface area contributed by atoms with E-state index in [4.69, 9.17) is 4.74 Å². The van der Waals surface area contributed by atoms with Crippen molar-refractivity contribution in [1.29, 1.82) is 0 Å². The van der Waals surface area contributed by atoms with E-state index in [0.717, 1.165) is 13.2 Å². The number of aromatic nitrogens is 1. The summed E-state index contributed by atoms with van der Waals surface area (Å²) in [4.78, 5) is 16.1. The molecule has 144 valence electrons. The Morgan fingerprint density at radius 3 is 2.64 bits per heavy atom. The van der Waals surface area contributed by atoms with E-state index >= 15 is 0 Å². The maximum absolute atomic E-state index is 13.9. The van der Waals surface area contributed by atoms with Crippen LogP contribution in [0.1, 0.15) is 18.5 Å². The highest BCUT2D eigenvalue weighted by Crippen LogP contribution is 2.40. The predicted molar refractivity (Wildman–Crippen MR) is 91.6 cm³/mol. The van der Waals surface area contributed by atoms with E-state index < -0.39 is 35.8 Å². The van der Waals surface area contributed by atoms with E-state index in [-0.39, 0.29) is 49.9 Å². The zero-order chi connectivity index (χ0) is 17.3. The molecule has 2 atom stereocenters. The molecule has 0 bridgehead atoms. The zero-order valence-corrected chi connectivity index (χ0v) is 16.2. The molecule has 1 aliphatic rings. The van der Waals surface area contributed by atoms with Crippen molar-refractivity contribution in [2.24, 2.45) is 5.41 Å². The van der Waals surface area contributed by atoms with Gasteiger partial charge in [-0.3, -0.25) is 4.79 Å². The van der Waals surface area contributed by atoms with Gasteiger partial charge < -0.3 is 10.1 Å². The Balaban J connectivity index is 0.00000288. The molecule has 1 aromatic heterocycles. The average Bonchev–Trinajstić information content (AvgIpc) is 2.49. The van der Waals surface area contributed by atoms with Gasteiger partial charge in [0.15, 0.2) is 0 Å². The minimum Gasteiger partial charge on any atom is -0.469 e. The maximum atomic E-state index is 13.9. The molecule has 2 unspecified atom stereocenters. The summed E-state index contributed by atoms with van der Waals surface area (Å²) in [5, 5.41) is 2.35. The van der Waals surface area contributed by atoms with E-state index in [9.17, 15) is 22.4 Å². The Labute approximate surface area is 163 Å². The summed E-state index contributed by atoms with van der Waals surface area (Å²) in [5.74, 6) is -1.45. The molecule has 1 N–H and O–H groups in total. The van der Waals surface area contributed by atoms with E-state index in [1.54, 1.807) is 0 Å². The van der Waals surface area contributed by atoms with Gasteiger partial charge in [0.2, 0.25) is 0 Å². The van der Waals surface area contributed by atoms with Crippen LogP contribution >= 0.6 is 40.7 Å². The first-order chi connectivity index (χ1) is 10.7. The number of halogens is 7. The second-order valence-corrected chi connectivity index (χ2v) is 6.33. The highest BCUT2D eigenvalue weighted by molar-refractivity contribution is 9.10. The Hall–Kier alpha value is -0.640. The molecule has 25 heavy (non-hydrogen) atoms. The molecule has 1 fully saturated rings. The molecule has 4 nitrogen and oxygen atoms in total. The highest BCUT2D eigenvalue weighted by Gasteiger charge is 2.52. The smallest absolute Gasteiger partial charge is 0.403 e. The summed E-state index contributed by atoms with van der Waals surface area (Å²) in [6.07, 6.45) is -5.15. The molecule has 0 aliphatic carbocycles. The number of piperidine rings is 1. The largest absolute Gasteiger partial charge is 0.469 e. The quantitative estimate of drug-likeness (QED) is 0.413. The Morgan fingerprint density at radius 1 is 1.44 bits per heavy atom. The van der Waals surface area contributed by atoms with Crippen LogP contribution in [0, 0.1) is 11.2 Å².